The second-order valence-corrected chi connectivity index (χ2v) is 5.00. The summed E-state index contributed by atoms with van der Waals surface area (Å²) in [4.78, 5) is 0. The van der Waals surface area contributed by atoms with E-state index in [1.165, 1.54) is 5.56 Å². The molecule has 4 nitrogen and oxygen atoms in total. The lowest BCUT2D eigenvalue weighted by molar-refractivity contribution is 0.0658. The number of nitrogens with two attached hydrogens (primary N) is 1. The van der Waals surface area contributed by atoms with E-state index in [0.29, 0.717) is 19.8 Å². The lowest BCUT2D eigenvalue weighted by Crippen LogP contribution is -2.37. The summed E-state index contributed by atoms with van der Waals surface area (Å²) in [6.45, 7) is 1.95. The van der Waals surface area contributed by atoms with Crippen LogP contribution >= 0.6 is 15.9 Å². The summed E-state index contributed by atoms with van der Waals surface area (Å²) in [5.74, 6) is 5.55. The maximum atomic E-state index is 5.55. The zero-order chi connectivity index (χ0) is 13.2. The molecule has 0 heterocycles. The Morgan fingerprint density at radius 1 is 1.22 bits per heavy atom. The molecule has 0 saturated heterocycles. The maximum absolute atomic E-state index is 5.55. The zero-order valence-electron chi connectivity index (χ0n) is 10.7. The molecule has 0 aliphatic rings. The molecule has 18 heavy (non-hydrogen) atoms. The van der Waals surface area contributed by atoms with Crippen molar-refractivity contribution in [3.63, 3.8) is 0 Å². The number of hydrogen-bond acceptors (Lipinski definition) is 4. The minimum atomic E-state index is 0.230. The first kappa shape index (κ1) is 15.6. The molecular formula is C13H21BrN2O2. The fourth-order valence-corrected chi connectivity index (χ4v) is 1.88. The van der Waals surface area contributed by atoms with E-state index in [1.54, 1.807) is 7.11 Å². The second-order valence-electron chi connectivity index (χ2n) is 4.09. The van der Waals surface area contributed by atoms with E-state index in [9.17, 15) is 0 Å². The molecule has 0 aliphatic carbocycles. The molecular weight excluding hydrogens is 296 g/mol. The van der Waals surface area contributed by atoms with E-state index in [1.807, 2.05) is 12.1 Å². The van der Waals surface area contributed by atoms with Gasteiger partial charge in [0.05, 0.1) is 13.2 Å². The zero-order valence-corrected chi connectivity index (χ0v) is 12.3. The van der Waals surface area contributed by atoms with Crippen molar-refractivity contribution < 1.29 is 9.47 Å². The van der Waals surface area contributed by atoms with Crippen LogP contribution in [0.25, 0.3) is 0 Å². The van der Waals surface area contributed by atoms with E-state index < -0.39 is 0 Å². The van der Waals surface area contributed by atoms with E-state index in [4.69, 9.17) is 15.3 Å². The highest BCUT2D eigenvalue weighted by molar-refractivity contribution is 9.10. The third-order valence-electron chi connectivity index (χ3n) is 2.67. The van der Waals surface area contributed by atoms with Crippen molar-refractivity contribution >= 4 is 15.9 Å². The standard InChI is InChI=1S/C13H21BrN2O2/c1-17-8-9-18-7-6-13(16-15)10-11-2-4-12(14)5-3-11/h2-5,13,16H,6-10,15H2,1H3. The maximum Gasteiger partial charge on any atom is 0.0700 e. The highest BCUT2D eigenvalue weighted by atomic mass is 79.9. The number of methoxy groups -OCH3 is 1. The van der Waals surface area contributed by atoms with Crippen LogP contribution in [0.3, 0.4) is 0 Å². The van der Waals surface area contributed by atoms with Gasteiger partial charge in [-0.2, -0.15) is 0 Å². The third kappa shape index (κ3) is 6.47. The Hall–Kier alpha value is -0.460. The summed E-state index contributed by atoms with van der Waals surface area (Å²) in [7, 11) is 1.67. The van der Waals surface area contributed by atoms with Gasteiger partial charge in [-0.15, -0.1) is 0 Å². The molecule has 0 saturated carbocycles. The molecule has 0 spiro atoms. The Morgan fingerprint density at radius 2 is 1.94 bits per heavy atom. The predicted molar refractivity (Wildman–Crippen MR) is 76.3 cm³/mol. The quantitative estimate of drug-likeness (QED) is 0.415. The molecule has 0 amide bonds. The number of hydrogen-bond donors (Lipinski definition) is 2. The molecule has 0 radical (unpaired) electrons. The lowest BCUT2D eigenvalue weighted by Gasteiger charge is -2.16. The van der Waals surface area contributed by atoms with Gasteiger partial charge in [0.25, 0.3) is 0 Å². The Kier molecular flexibility index (Phi) is 8.20. The van der Waals surface area contributed by atoms with Crippen LogP contribution in [0.15, 0.2) is 28.7 Å². The smallest absolute Gasteiger partial charge is 0.0700 e. The number of halogens is 1. The molecule has 1 aromatic rings. The van der Waals surface area contributed by atoms with E-state index in [-0.39, 0.29) is 6.04 Å². The molecule has 0 aliphatic heterocycles. The highest BCUT2D eigenvalue weighted by Crippen LogP contribution is 2.12. The number of hydrazine groups is 1. The Balaban J connectivity index is 2.26. The number of benzene rings is 1. The van der Waals surface area contributed by atoms with Crippen LogP contribution in [0.5, 0.6) is 0 Å². The molecule has 1 unspecified atom stereocenters. The molecule has 5 heteroatoms. The molecule has 1 aromatic carbocycles. The van der Waals surface area contributed by atoms with Gasteiger partial charge in [0.2, 0.25) is 0 Å². The van der Waals surface area contributed by atoms with Crippen molar-refractivity contribution in [3.8, 4) is 0 Å². The first-order valence-corrected chi connectivity index (χ1v) is 6.83. The van der Waals surface area contributed by atoms with Crippen LogP contribution in [0, 0.1) is 0 Å². The molecule has 0 aromatic heterocycles. The monoisotopic (exact) mass is 316 g/mol. The van der Waals surface area contributed by atoms with Crippen LogP contribution in [0.4, 0.5) is 0 Å². The topological polar surface area (TPSA) is 56.5 Å². The summed E-state index contributed by atoms with van der Waals surface area (Å²) in [5, 5.41) is 0. The van der Waals surface area contributed by atoms with Gasteiger partial charge >= 0.3 is 0 Å². The van der Waals surface area contributed by atoms with Gasteiger partial charge < -0.3 is 9.47 Å². The normalized spacial score (nSPS) is 12.6. The fourth-order valence-electron chi connectivity index (χ4n) is 1.62. The SMILES string of the molecule is COCCOCCC(Cc1ccc(Br)cc1)NN. The van der Waals surface area contributed by atoms with E-state index >= 15 is 0 Å². The molecule has 1 rings (SSSR count). The second kappa shape index (κ2) is 9.47. The van der Waals surface area contributed by atoms with Gasteiger partial charge in [-0.05, 0) is 30.5 Å². The molecule has 1 atom stereocenters. The van der Waals surface area contributed by atoms with Crippen molar-refractivity contribution in [1.29, 1.82) is 0 Å². The number of nitrogens with one attached hydrogen (secondary N) is 1. The van der Waals surface area contributed by atoms with Crippen LogP contribution < -0.4 is 11.3 Å². The van der Waals surface area contributed by atoms with Crippen LogP contribution in [-0.4, -0.2) is 33.0 Å². The number of rotatable bonds is 9. The van der Waals surface area contributed by atoms with Crippen LogP contribution in [0.1, 0.15) is 12.0 Å². The average Bonchev–Trinajstić information content (AvgIpc) is 2.39. The minimum absolute atomic E-state index is 0.230. The van der Waals surface area contributed by atoms with Gasteiger partial charge in [-0.3, -0.25) is 11.3 Å². The van der Waals surface area contributed by atoms with Gasteiger partial charge in [0.1, 0.15) is 0 Å². The molecule has 3 N–H and O–H groups in total. The molecule has 0 fully saturated rings. The van der Waals surface area contributed by atoms with Crippen molar-refractivity contribution in [2.45, 2.75) is 18.9 Å². The van der Waals surface area contributed by atoms with Gasteiger partial charge in [0.15, 0.2) is 0 Å². The first-order valence-electron chi connectivity index (χ1n) is 6.03. The summed E-state index contributed by atoms with van der Waals surface area (Å²) in [5.41, 5.74) is 4.10. The summed E-state index contributed by atoms with van der Waals surface area (Å²) in [6, 6.07) is 8.50. The summed E-state index contributed by atoms with van der Waals surface area (Å²) in [6.07, 6.45) is 1.79. The highest BCUT2D eigenvalue weighted by Gasteiger charge is 2.07. The fraction of sp³-hybridized carbons (Fsp3) is 0.538. The number of ether oxygens (including phenoxy) is 2. The first-order chi connectivity index (χ1) is 8.76. The Bertz CT molecular complexity index is 319. The lowest BCUT2D eigenvalue weighted by atomic mass is 10.0. The Labute approximate surface area is 117 Å². The van der Waals surface area contributed by atoms with E-state index in [0.717, 1.165) is 17.3 Å². The van der Waals surface area contributed by atoms with Crippen molar-refractivity contribution in [2.75, 3.05) is 26.9 Å². The van der Waals surface area contributed by atoms with E-state index in [2.05, 4.69) is 33.5 Å². The molecule has 102 valence electrons. The van der Waals surface area contributed by atoms with Crippen LogP contribution in [0.2, 0.25) is 0 Å². The predicted octanol–water partition coefficient (Wildman–Crippen LogP) is 1.88. The Morgan fingerprint density at radius 3 is 2.56 bits per heavy atom. The van der Waals surface area contributed by atoms with Crippen LogP contribution in [-0.2, 0) is 15.9 Å². The van der Waals surface area contributed by atoms with Crippen molar-refractivity contribution in [2.24, 2.45) is 5.84 Å². The third-order valence-corrected chi connectivity index (χ3v) is 3.20. The average molecular weight is 317 g/mol. The largest absolute Gasteiger partial charge is 0.382 e. The van der Waals surface area contributed by atoms with Crippen molar-refractivity contribution in [1.82, 2.24) is 5.43 Å². The van der Waals surface area contributed by atoms with Gasteiger partial charge in [0, 0.05) is 24.2 Å². The summed E-state index contributed by atoms with van der Waals surface area (Å²) >= 11 is 3.42. The summed E-state index contributed by atoms with van der Waals surface area (Å²) < 4.78 is 11.4. The molecule has 0 bridgehead atoms. The van der Waals surface area contributed by atoms with Crippen molar-refractivity contribution in [3.05, 3.63) is 34.3 Å². The van der Waals surface area contributed by atoms with Gasteiger partial charge in [-0.1, -0.05) is 28.1 Å². The van der Waals surface area contributed by atoms with Gasteiger partial charge in [-0.25, -0.2) is 0 Å². The minimum Gasteiger partial charge on any atom is -0.382 e.